The second-order valence-corrected chi connectivity index (χ2v) is 6.71. The maximum atomic E-state index is 12.5. The number of para-hydroxylation sites is 1. The van der Waals surface area contributed by atoms with Crippen molar-refractivity contribution >= 4 is 50.8 Å². The summed E-state index contributed by atoms with van der Waals surface area (Å²) in [6, 6.07) is 12.4. The van der Waals surface area contributed by atoms with Crippen LogP contribution in [-0.2, 0) is 19.9 Å². The molecule has 1 N–H and O–H groups in total. The van der Waals surface area contributed by atoms with Crippen LogP contribution in [0.2, 0.25) is 5.02 Å². The number of anilines is 3. The van der Waals surface area contributed by atoms with Gasteiger partial charge in [0.2, 0.25) is 5.91 Å². The van der Waals surface area contributed by atoms with Crippen LogP contribution in [0, 0.1) is 0 Å². The van der Waals surface area contributed by atoms with Crippen LogP contribution in [0.1, 0.15) is 6.42 Å². The predicted octanol–water partition coefficient (Wildman–Crippen LogP) is 2.54. The van der Waals surface area contributed by atoms with Crippen LogP contribution in [0.25, 0.3) is 0 Å². The molecule has 0 unspecified atom stereocenters. The number of nitrogens with zero attached hydrogens (tertiary/aromatic N) is 2. The molecule has 0 fully saturated rings. The molecule has 9 heteroatoms. The predicted molar refractivity (Wildman–Crippen MR) is 88.7 cm³/mol. The Labute approximate surface area is 142 Å². The molecule has 124 valence electrons. The van der Waals surface area contributed by atoms with E-state index in [9.17, 15) is 22.6 Å². The monoisotopic (exact) mass is 366 g/mol. The molecule has 2 aromatic carbocycles. The van der Waals surface area contributed by atoms with Crippen LogP contribution in [0.3, 0.4) is 0 Å². The number of hydrogen-bond acceptors (Lipinski definition) is 4. The molecule has 3 rings (SSSR count). The highest BCUT2D eigenvalue weighted by molar-refractivity contribution is 7.88. The van der Waals surface area contributed by atoms with Gasteiger partial charge in [0, 0.05) is 10.7 Å². The molecular weight excluding hydrogens is 356 g/mol. The van der Waals surface area contributed by atoms with Gasteiger partial charge in [-0.2, -0.15) is 12.7 Å². The summed E-state index contributed by atoms with van der Waals surface area (Å²) < 4.78 is 32.9. The summed E-state index contributed by atoms with van der Waals surface area (Å²) >= 11 is 5.98. The summed E-state index contributed by atoms with van der Waals surface area (Å²) in [5, 5.41) is 0.243. The Hall–Kier alpha value is -2.42. The molecule has 1 aliphatic heterocycles. The van der Waals surface area contributed by atoms with E-state index in [0.717, 1.165) is 0 Å². The van der Waals surface area contributed by atoms with E-state index in [1.165, 1.54) is 23.1 Å². The first kappa shape index (κ1) is 16.4. The van der Waals surface area contributed by atoms with Crippen molar-refractivity contribution < 1.29 is 22.6 Å². The molecule has 0 bridgehead atoms. The number of hydrogen-bond donors (Lipinski definition) is 1. The fourth-order valence-electron chi connectivity index (χ4n) is 2.51. The highest BCUT2D eigenvalue weighted by Gasteiger charge is 2.38. The van der Waals surface area contributed by atoms with E-state index in [2.05, 4.69) is 0 Å². The maximum absolute atomic E-state index is 12.5. The zero-order valence-corrected chi connectivity index (χ0v) is 13.7. The summed E-state index contributed by atoms with van der Waals surface area (Å²) in [7, 11) is -4.89. The maximum Gasteiger partial charge on any atom is 0.366 e. The fourth-order valence-corrected chi connectivity index (χ4v) is 3.40. The molecule has 7 nitrogen and oxygen atoms in total. The first-order chi connectivity index (χ1) is 11.3. The summed E-state index contributed by atoms with van der Waals surface area (Å²) in [6.07, 6.45) is -0.721. The van der Waals surface area contributed by atoms with Crippen molar-refractivity contribution in [3.8, 4) is 0 Å². The molecule has 0 saturated heterocycles. The summed E-state index contributed by atoms with van der Waals surface area (Å²) in [5.74, 6) is -1.69. The van der Waals surface area contributed by atoms with E-state index >= 15 is 0 Å². The van der Waals surface area contributed by atoms with Gasteiger partial charge >= 0.3 is 10.3 Å². The average molecular weight is 367 g/mol. The number of carbonyl (C=O) groups excluding carboxylic acids is 2. The number of rotatable bonds is 2. The van der Waals surface area contributed by atoms with E-state index in [1.807, 2.05) is 0 Å². The van der Waals surface area contributed by atoms with Crippen LogP contribution < -0.4 is 9.21 Å². The minimum Gasteiger partial charge on any atom is -0.278 e. The van der Waals surface area contributed by atoms with Crippen molar-refractivity contribution in [1.29, 1.82) is 0 Å². The van der Waals surface area contributed by atoms with Gasteiger partial charge in [-0.25, -0.2) is 0 Å². The smallest absolute Gasteiger partial charge is 0.278 e. The molecule has 0 saturated carbocycles. The van der Waals surface area contributed by atoms with Gasteiger partial charge < -0.3 is 0 Å². The molecule has 24 heavy (non-hydrogen) atoms. The van der Waals surface area contributed by atoms with Gasteiger partial charge in [-0.15, -0.1) is 0 Å². The highest BCUT2D eigenvalue weighted by Crippen LogP contribution is 2.40. The minimum atomic E-state index is -4.89. The van der Waals surface area contributed by atoms with Crippen LogP contribution in [0.15, 0.2) is 48.5 Å². The summed E-state index contributed by atoms with van der Waals surface area (Å²) in [5.41, 5.74) is 0.375. The Balaban J connectivity index is 2.31. The average Bonchev–Trinajstić information content (AvgIpc) is 2.60. The van der Waals surface area contributed by atoms with Crippen LogP contribution in [-0.4, -0.2) is 24.8 Å². The van der Waals surface area contributed by atoms with Gasteiger partial charge in [-0.1, -0.05) is 29.8 Å². The van der Waals surface area contributed by atoms with Gasteiger partial charge in [0.1, 0.15) is 6.42 Å². The van der Waals surface area contributed by atoms with Crippen molar-refractivity contribution in [3.05, 3.63) is 53.6 Å². The van der Waals surface area contributed by atoms with E-state index in [0.29, 0.717) is 5.69 Å². The fraction of sp³-hybridized carbons (Fsp3) is 0.0667. The minimum absolute atomic E-state index is 0.0853. The number of fused-ring (bicyclic) bond motifs is 1. The third kappa shape index (κ3) is 2.86. The SMILES string of the molecule is O=C1CC(=O)N(S(=O)(=O)O)c2ccc(Cl)cc2N1c1ccccc1. The molecule has 0 aromatic heterocycles. The summed E-state index contributed by atoms with van der Waals surface area (Å²) in [6.45, 7) is 0. The van der Waals surface area contributed by atoms with Gasteiger partial charge in [0.05, 0.1) is 11.4 Å². The molecule has 0 radical (unpaired) electrons. The number of halogens is 1. The van der Waals surface area contributed by atoms with Crippen molar-refractivity contribution in [2.45, 2.75) is 6.42 Å². The molecule has 1 aliphatic rings. The number of amides is 2. The standard InChI is InChI=1S/C15H11ClN2O5S/c16-10-6-7-12-13(8-10)17(11-4-2-1-3-5-11)14(19)9-15(20)18(12)24(21,22)23/h1-8H,9H2,(H,21,22,23). The molecule has 2 amide bonds. The third-order valence-electron chi connectivity index (χ3n) is 3.42. The second-order valence-electron chi connectivity index (χ2n) is 5.01. The zero-order chi connectivity index (χ0) is 17.5. The normalized spacial score (nSPS) is 15.2. The van der Waals surface area contributed by atoms with Crippen LogP contribution >= 0.6 is 11.6 Å². The van der Waals surface area contributed by atoms with Gasteiger partial charge in [0.25, 0.3) is 5.91 Å². The lowest BCUT2D eigenvalue weighted by molar-refractivity contribution is -0.125. The Bertz CT molecular complexity index is 930. The molecule has 0 spiro atoms. The second kappa shape index (κ2) is 5.90. The molecular formula is C15H11ClN2O5S. The van der Waals surface area contributed by atoms with E-state index in [1.54, 1.807) is 30.3 Å². The largest absolute Gasteiger partial charge is 0.366 e. The molecule has 0 atom stereocenters. The third-order valence-corrected chi connectivity index (χ3v) is 4.52. The molecule has 2 aromatic rings. The summed E-state index contributed by atoms with van der Waals surface area (Å²) in [4.78, 5) is 25.9. The van der Waals surface area contributed by atoms with Gasteiger partial charge in [0.15, 0.2) is 0 Å². The quantitative estimate of drug-likeness (QED) is 0.651. The van der Waals surface area contributed by atoms with Gasteiger partial charge in [-0.3, -0.25) is 19.0 Å². The van der Waals surface area contributed by atoms with E-state index in [-0.39, 0.29) is 20.7 Å². The van der Waals surface area contributed by atoms with Crippen LogP contribution in [0.4, 0.5) is 17.1 Å². The molecule has 1 heterocycles. The Morgan fingerprint density at radius 1 is 0.958 bits per heavy atom. The highest BCUT2D eigenvalue weighted by atomic mass is 35.5. The first-order valence-electron chi connectivity index (χ1n) is 6.77. The number of carbonyl (C=O) groups is 2. The van der Waals surface area contributed by atoms with E-state index < -0.39 is 28.5 Å². The van der Waals surface area contributed by atoms with Gasteiger partial charge in [-0.05, 0) is 30.3 Å². The van der Waals surface area contributed by atoms with E-state index in [4.69, 9.17) is 11.6 Å². The Morgan fingerprint density at radius 3 is 2.25 bits per heavy atom. The lowest BCUT2D eigenvalue weighted by atomic mass is 10.2. The molecule has 0 aliphatic carbocycles. The lowest BCUT2D eigenvalue weighted by Gasteiger charge is -2.24. The Morgan fingerprint density at radius 2 is 1.62 bits per heavy atom. The topological polar surface area (TPSA) is 95.0 Å². The first-order valence-corrected chi connectivity index (χ1v) is 8.54. The van der Waals surface area contributed by atoms with Crippen molar-refractivity contribution in [3.63, 3.8) is 0 Å². The number of benzene rings is 2. The zero-order valence-electron chi connectivity index (χ0n) is 12.1. The van der Waals surface area contributed by atoms with Crippen LogP contribution in [0.5, 0.6) is 0 Å². The van der Waals surface area contributed by atoms with Crippen molar-refractivity contribution in [2.24, 2.45) is 0 Å². The Kier molecular flexibility index (Phi) is 4.04. The van der Waals surface area contributed by atoms with Crippen molar-refractivity contribution in [1.82, 2.24) is 0 Å². The lowest BCUT2D eigenvalue weighted by Crippen LogP contribution is -2.36. The van der Waals surface area contributed by atoms with Crippen molar-refractivity contribution in [2.75, 3.05) is 9.21 Å².